The van der Waals surface area contributed by atoms with E-state index in [4.69, 9.17) is 21.7 Å². The number of carbonyl (C=O) groups excluding carboxylic acids is 2. The number of morpholine rings is 1. The largest absolute Gasteiger partial charge is 0.496 e. The molecule has 2 saturated heterocycles. The van der Waals surface area contributed by atoms with Crippen LogP contribution in [0.25, 0.3) is 6.08 Å². The normalized spacial score (nSPS) is 18.4. The summed E-state index contributed by atoms with van der Waals surface area (Å²) in [7, 11) is 1.53. The molecule has 0 radical (unpaired) electrons. The molecule has 2 fully saturated rings. The molecule has 7 nitrogen and oxygen atoms in total. The molecular weight excluding hydrogens is 421 g/mol. The van der Waals surface area contributed by atoms with E-state index in [9.17, 15) is 14.0 Å². The minimum absolute atomic E-state index is 0.0617. The van der Waals surface area contributed by atoms with Crippen LogP contribution in [-0.2, 0) is 14.3 Å². The number of hydrogen-bond acceptors (Lipinski definition) is 6. The Morgan fingerprint density at radius 2 is 1.77 bits per heavy atom. The lowest BCUT2D eigenvalue weighted by molar-refractivity contribution is -0.122. The number of benzene rings is 2. The Hall–Kier alpha value is -3.30. The fourth-order valence-electron chi connectivity index (χ4n) is 3.47. The third-order valence-electron chi connectivity index (χ3n) is 5.08. The number of rotatable bonds is 4. The van der Waals surface area contributed by atoms with Gasteiger partial charge in [-0.15, -0.1) is 0 Å². The second kappa shape index (κ2) is 8.83. The van der Waals surface area contributed by atoms with Gasteiger partial charge in [0.25, 0.3) is 11.8 Å². The summed E-state index contributed by atoms with van der Waals surface area (Å²) in [6.45, 7) is 2.85. The molecule has 160 valence electrons. The highest BCUT2D eigenvalue weighted by atomic mass is 32.1. The van der Waals surface area contributed by atoms with Crippen LogP contribution in [0.5, 0.6) is 5.75 Å². The third-order valence-corrected chi connectivity index (χ3v) is 5.36. The molecule has 0 unspecified atom stereocenters. The Morgan fingerprint density at radius 1 is 1.10 bits per heavy atom. The molecule has 0 aromatic heterocycles. The Labute approximate surface area is 184 Å². The van der Waals surface area contributed by atoms with Crippen molar-refractivity contribution in [1.82, 2.24) is 5.32 Å². The van der Waals surface area contributed by atoms with Crippen LogP contribution in [0.4, 0.5) is 15.8 Å². The van der Waals surface area contributed by atoms with Crippen LogP contribution in [0.3, 0.4) is 0 Å². The summed E-state index contributed by atoms with van der Waals surface area (Å²) in [6, 6.07) is 10.9. The number of halogens is 1. The Kier molecular flexibility index (Phi) is 5.97. The summed E-state index contributed by atoms with van der Waals surface area (Å²) in [6.07, 6.45) is 1.47. The summed E-state index contributed by atoms with van der Waals surface area (Å²) < 4.78 is 24.2. The number of hydrogen-bond donors (Lipinski definition) is 1. The van der Waals surface area contributed by atoms with Crippen LogP contribution < -0.4 is 19.9 Å². The monoisotopic (exact) mass is 441 g/mol. The highest BCUT2D eigenvalue weighted by molar-refractivity contribution is 7.80. The molecule has 0 aliphatic carbocycles. The van der Waals surface area contributed by atoms with Crippen molar-refractivity contribution in [2.75, 3.05) is 43.2 Å². The van der Waals surface area contributed by atoms with Crippen molar-refractivity contribution in [3.63, 3.8) is 0 Å². The van der Waals surface area contributed by atoms with Gasteiger partial charge in [-0.3, -0.25) is 19.8 Å². The second-order valence-electron chi connectivity index (χ2n) is 6.96. The van der Waals surface area contributed by atoms with E-state index in [1.165, 1.54) is 37.5 Å². The molecule has 31 heavy (non-hydrogen) atoms. The Bertz CT molecular complexity index is 1060. The lowest BCUT2D eigenvalue weighted by Crippen LogP contribution is -2.54. The zero-order chi connectivity index (χ0) is 22.0. The highest BCUT2D eigenvalue weighted by Gasteiger charge is 2.34. The maximum Gasteiger partial charge on any atom is 0.270 e. The summed E-state index contributed by atoms with van der Waals surface area (Å²) >= 11 is 5.16. The van der Waals surface area contributed by atoms with E-state index in [2.05, 4.69) is 10.2 Å². The molecule has 9 heteroatoms. The number of carbonyl (C=O) groups is 2. The minimum atomic E-state index is -0.604. The van der Waals surface area contributed by atoms with E-state index >= 15 is 0 Å². The molecule has 0 spiro atoms. The number of methoxy groups -OCH3 is 1. The molecule has 2 aromatic carbocycles. The molecule has 4 rings (SSSR count). The van der Waals surface area contributed by atoms with Crippen molar-refractivity contribution in [2.45, 2.75) is 0 Å². The SMILES string of the molecule is COc1cc(N2CCOCC2)ccc1/C=C1/C(=O)NC(=S)N(c2ccc(F)cc2)C1=O. The first-order valence-electron chi connectivity index (χ1n) is 9.65. The molecule has 0 saturated carbocycles. The van der Waals surface area contributed by atoms with Gasteiger partial charge in [-0.25, -0.2) is 4.39 Å². The van der Waals surface area contributed by atoms with E-state index in [0.717, 1.165) is 23.7 Å². The van der Waals surface area contributed by atoms with Crippen LogP contribution in [0.1, 0.15) is 5.56 Å². The van der Waals surface area contributed by atoms with Crippen molar-refractivity contribution >= 4 is 46.6 Å². The zero-order valence-corrected chi connectivity index (χ0v) is 17.6. The summed E-state index contributed by atoms with van der Waals surface area (Å²) in [4.78, 5) is 29.0. The molecule has 2 aromatic rings. The number of nitrogens with zero attached hydrogens (tertiary/aromatic N) is 2. The van der Waals surface area contributed by atoms with Crippen LogP contribution in [-0.4, -0.2) is 50.3 Å². The van der Waals surface area contributed by atoms with Gasteiger partial charge in [0.1, 0.15) is 17.1 Å². The van der Waals surface area contributed by atoms with Crippen LogP contribution in [0, 0.1) is 5.82 Å². The van der Waals surface area contributed by atoms with Gasteiger partial charge >= 0.3 is 0 Å². The summed E-state index contributed by atoms with van der Waals surface area (Å²) in [5.74, 6) is -1.12. The predicted octanol–water partition coefficient (Wildman–Crippen LogP) is 2.50. The summed E-state index contributed by atoms with van der Waals surface area (Å²) in [5, 5.41) is 2.45. The molecule has 2 aliphatic heterocycles. The smallest absolute Gasteiger partial charge is 0.270 e. The van der Waals surface area contributed by atoms with Crippen molar-refractivity contribution in [1.29, 1.82) is 0 Å². The number of amides is 2. The lowest BCUT2D eigenvalue weighted by atomic mass is 10.1. The molecule has 2 aliphatic rings. The first-order chi connectivity index (χ1) is 15.0. The third kappa shape index (κ3) is 4.28. The second-order valence-corrected chi connectivity index (χ2v) is 7.35. The average molecular weight is 441 g/mol. The number of anilines is 2. The number of nitrogens with one attached hydrogen (secondary N) is 1. The van der Waals surface area contributed by atoms with Gasteiger partial charge in [0.15, 0.2) is 5.11 Å². The molecule has 2 amide bonds. The van der Waals surface area contributed by atoms with Gasteiger partial charge in [0.05, 0.1) is 26.0 Å². The van der Waals surface area contributed by atoms with Gasteiger partial charge < -0.3 is 14.4 Å². The van der Waals surface area contributed by atoms with E-state index in [-0.39, 0.29) is 10.7 Å². The van der Waals surface area contributed by atoms with E-state index in [1.54, 1.807) is 6.07 Å². The average Bonchev–Trinajstić information content (AvgIpc) is 2.78. The quantitative estimate of drug-likeness (QED) is 0.447. The first-order valence-corrected chi connectivity index (χ1v) is 10.1. The molecule has 0 atom stereocenters. The topological polar surface area (TPSA) is 71.1 Å². The zero-order valence-electron chi connectivity index (χ0n) is 16.8. The maximum atomic E-state index is 13.3. The van der Waals surface area contributed by atoms with Gasteiger partial charge in [0, 0.05) is 30.4 Å². The van der Waals surface area contributed by atoms with Gasteiger partial charge in [-0.2, -0.15) is 0 Å². The van der Waals surface area contributed by atoms with Crippen LogP contribution in [0.15, 0.2) is 48.0 Å². The number of thiocarbonyl (C=S) groups is 1. The standard InChI is InChI=1S/C22H20FN3O4S/c1-29-19-13-17(25-8-10-30-11-9-25)5-2-14(19)12-18-20(27)24-22(31)26(21(18)28)16-6-3-15(23)4-7-16/h2-7,12-13H,8-11H2,1H3,(H,24,27,31)/b18-12-. The number of ether oxygens (including phenoxy) is 2. The van der Waals surface area contributed by atoms with Crippen molar-refractivity contribution < 1.29 is 23.5 Å². The fraction of sp³-hybridized carbons (Fsp3) is 0.227. The first kappa shape index (κ1) is 21.0. The van der Waals surface area contributed by atoms with E-state index in [0.29, 0.717) is 30.2 Å². The maximum absolute atomic E-state index is 13.3. The van der Waals surface area contributed by atoms with Crippen molar-refractivity contribution in [3.05, 3.63) is 59.4 Å². The minimum Gasteiger partial charge on any atom is -0.496 e. The van der Waals surface area contributed by atoms with Gasteiger partial charge in [-0.1, -0.05) is 0 Å². The Balaban J connectivity index is 1.67. The molecule has 2 heterocycles. The van der Waals surface area contributed by atoms with E-state index < -0.39 is 17.6 Å². The van der Waals surface area contributed by atoms with Gasteiger partial charge in [-0.05, 0) is 54.7 Å². The van der Waals surface area contributed by atoms with Crippen molar-refractivity contribution in [2.24, 2.45) is 0 Å². The van der Waals surface area contributed by atoms with E-state index in [1.807, 2.05) is 12.1 Å². The predicted molar refractivity (Wildman–Crippen MR) is 119 cm³/mol. The fourth-order valence-corrected chi connectivity index (χ4v) is 3.76. The van der Waals surface area contributed by atoms with Crippen LogP contribution >= 0.6 is 12.2 Å². The molecular formula is C22H20FN3O4S. The summed E-state index contributed by atoms with van der Waals surface area (Å²) in [5.41, 5.74) is 1.80. The molecule has 1 N–H and O–H groups in total. The molecule has 0 bridgehead atoms. The van der Waals surface area contributed by atoms with Crippen LogP contribution in [0.2, 0.25) is 0 Å². The van der Waals surface area contributed by atoms with Gasteiger partial charge in [0.2, 0.25) is 0 Å². The Morgan fingerprint density at radius 3 is 2.45 bits per heavy atom. The van der Waals surface area contributed by atoms with Crippen molar-refractivity contribution in [3.8, 4) is 5.75 Å². The highest BCUT2D eigenvalue weighted by Crippen LogP contribution is 2.29. The lowest BCUT2D eigenvalue weighted by Gasteiger charge is -2.30.